The molecule has 0 aliphatic carbocycles. The fourth-order valence-corrected chi connectivity index (χ4v) is 2.33. The van der Waals surface area contributed by atoms with Gasteiger partial charge in [0.1, 0.15) is 0 Å². The minimum atomic E-state index is -0.424. The first-order chi connectivity index (χ1) is 9.13. The molecule has 5 nitrogen and oxygen atoms in total. The van der Waals surface area contributed by atoms with Crippen molar-refractivity contribution in [2.24, 2.45) is 0 Å². The van der Waals surface area contributed by atoms with E-state index < -0.39 is 5.97 Å². The number of hydrogen-bond donors (Lipinski definition) is 0. The lowest BCUT2D eigenvalue weighted by molar-refractivity contribution is -0.139. The second-order valence-corrected chi connectivity index (χ2v) is 5.09. The van der Waals surface area contributed by atoms with Gasteiger partial charge in [0, 0.05) is 18.4 Å². The van der Waals surface area contributed by atoms with Crippen molar-refractivity contribution in [3.8, 4) is 0 Å². The minimum Gasteiger partial charge on any atom is -0.469 e. The number of rotatable bonds is 7. The molecule has 0 aliphatic rings. The van der Waals surface area contributed by atoms with Crippen molar-refractivity contribution < 1.29 is 19.1 Å². The van der Waals surface area contributed by atoms with Crippen LogP contribution in [-0.4, -0.2) is 35.2 Å². The summed E-state index contributed by atoms with van der Waals surface area (Å²) in [6, 6.07) is 1.69. The Bertz CT molecular complexity index is 442. The van der Waals surface area contributed by atoms with E-state index in [0.717, 1.165) is 23.8 Å². The van der Waals surface area contributed by atoms with Gasteiger partial charge in [-0.2, -0.15) is 0 Å². The Balaban J connectivity index is 2.92. The summed E-state index contributed by atoms with van der Waals surface area (Å²) in [4.78, 5) is 23.1. The molecule has 0 radical (unpaired) electrons. The number of aryl methyl sites for hydroxylation is 1. The van der Waals surface area contributed by atoms with Crippen LogP contribution in [0.3, 0.4) is 0 Å². The smallest absolute Gasteiger partial charge is 0.339 e. The Hall–Kier alpha value is -1.05. The minimum absolute atomic E-state index is 0.0815. The van der Waals surface area contributed by atoms with Crippen LogP contribution in [0.4, 0.5) is 0 Å². The van der Waals surface area contributed by atoms with Gasteiger partial charge in [-0.05, 0) is 23.3 Å². The number of methoxy groups -OCH3 is 2. The van der Waals surface area contributed by atoms with Crippen molar-refractivity contribution in [1.82, 2.24) is 4.57 Å². The van der Waals surface area contributed by atoms with Gasteiger partial charge in [-0.25, -0.2) is 4.79 Å². The van der Waals surface area contributed by atoms with Crippen molar-refractivity contribution in [3.63, 3.8) is 0 Å². The average Bonchev–Trinajstić information content (AvgIpc) is 2.81. The molecule has 106 valence electrons. The number of ether oxygens (including phenoxy) is 2. The number of alkyl halides is 1. The number of nitrogens with zero attached hydrogens (tertiary/aromatic N) is 1. The molecule has 0 fully saturated rings. The zero-order valence-electron chi connectivity index (χ0n) is 11.1. The van der Waals surface area contributed by atoms with Crippen LogP contribution >= 0.6 is 22.6 Å². The number of halogens is 1. The molecule has 1 heterocycles. The summed E-state index contributed by atoms with van der Waals surface area (Å²) >= 11 is 2.33. The number of unbranched alkanes of at least 4 members (excludes halogenated alkanes) is 1. The van der Waals surface area contributed by atoms with Crippen LogP contribution < -0.4 is 0 Å². The Morgan fingerprint density at radius 1 is 1.26 bits per heavy atom. The molecular weight excluding hydrogens is 361 g/mol. The predicted octanol–water partition coefficient (Wildman–Crippen LogP) is 2.21. The van der Waals surface area contributed by atoms with E-state index in [1.54, 1.807) is 6.07 Å². The SMILES string of the molecule is COC(=O)Cc1c(C(=O)OC)ccn1CCCCI. The first-order valence-electron chi connectivity index (χ1n) is 6.03. The monoisotopic (exact) mass is 379 g/mol. The summed E-state index contributed by atoms with van der Waals surface area (Å²) in [6.07, 6.45) is 4.01. The molecule has 19 heavy (non-hydrogen) atoms. The van der Waals surface area contributed by atoms with Gasteiger partial charge in [-0.1, -0.05) is 22.6 Å². The molecule has 0 spiro atoms. The summed E-state index contributed by atoms with van der Waals surface area (Å²) < 4.78 is 12.4. The Kier molecular flexibility index (Phi) is 6.90. The summed E-state index contributed by atoms with van der Waals surface area (Å²) in [5.74, 6) is -0.787. The van der Waals surface area contributed by atoms with Gasteiger partial charge in [0.2, 0.25) is 0 Å². The zero-order chi connectivity index (χ0) is 14.3. The molecule has 0 atom stereocenters. The van der Waals surface area contributed by atoms with Gasteiger partial charge < -0.3 is 14.0 Å². The van der Waals surface area contributed by atoms with E-state index in [2.05, 4.69) is 27.3 Å². The lowest BCUT2D eigenvalue weighted by atomic mass is 10.2. The van der Waals surface area contributed by atoms with Gasteiger partial charge in [0.25, 0.3) is 0 Å². The maximum absolute atomic E-state index is 11.7. The van der Waals surface area contributed by atoms with E-state index in [4.69, 9.17) is 4.74 Å². The van der Waals surface area contributed by atoms with Crippen molar-refractivity contribution in [2.45, 2.75) is 25.8 Å². The molecule has 0 aliphatic heterocycles. The van der Waals surface area contributed by atoms with Crippen LogP contribution in [0.2, 0.25) is 0 Å². The standard InChI is InChI=1S/C13H18INO4/c1-18-12(16)9-11-10(13(17)19-2)5-8-15(11)7-4-3-6-14/h5,8H,3-4,6-7,9H2,1-2H3. The average molecular weight is 379 g/mol. The van der Waals surface area contributed by atoms with Crippen molar-refractivity contribution >= 4 is 34.5 Å². The molecule has 1 rings (SSSR count). The molecular formula is C13H18INO4. The topological polar surface area (TPSA) is 57.5 Å². The highest BCUT2D eigenvalue weighted by molar-refractivity contribution is 14.1. The lowest BCUT2D eigenvalue weighted by Gasteiger charge is -2.09. The molecule has 0 saturated heterocycles. The maximum Gasteiger partial charge on any atom is 0.339 e. The summed E-state index contributed by atoms with van der Waals surface area (Å²) in [7, 11) is 2.67. The summed E-state index contributed by atoms with van der Waals surface area (Å²) in [6.45, 7) is 0.784. The highest BCUT2D eigenvalue weighted by Crippen LogP contribution is 2.15. The van der Waals surface area contributed by atoms with E-state index in [-0.39, 0.29) is 12.4 Å². The highest BCUT2D eigenvalue weighted by Gasteiger charge is 2.19. The quantitative estimate of drug-likeness (QED) is 0.316. The van der Waals surface area contributed by atoms with E-state index in [1.165, 1.54) is 14.2 Å². The van der Waals surface area contributed by atoms with Crippen molar-refractivity contribution in [3.05, 3.63) is 23.5 Å². The molecule has 0 N–H and O–H groups in total. The molecule has 0 bridgehead atoms. The van der Waals surface area contributed by atoms with E-state index >= 15 is 0 Å². The van der Waals surface area contributed by atoms with Gasteiger partial charge in [0.05, 0.1) is 26.2 Å². The second-order valence-electron chi connectivity index (χ2n) is 4.01. The molecule has 6 heteroatoms. The van der Waals surface area contributed by atoms with Crippen molar-refractivity contribution in [2.75, 3.05) is 18.6 Å². The molecule has 1 aromatic rings. The van der Waals surface area contributed by atoms with Crippen LogP contribution in [0.5, 0.6) is 0 Å². The number of esters is 2. The number of aromatic nitrogens is 1. The Labute approximate surface area is 126 Å². The Morgan fingerprint density at radius 3 is 2.58 bits per heavy atom. The third-order valence-electron chi connectivity index (χ3n) is 2.81. The van der Waals surface area contributed by atoms with Crippen LogP contribution in [0.25, 0.3) is 0 Å². The normalized spacial score (nSPS) is 10.3. The van der Waals surface area contributed by atoms with Crippen LogP contribution in [0, 0.1) is 0 Å². The zero-order valence-corrected chi connectivity index (χ0v) is 13.3. The molecule has 1 aromatic heterocycles. The van der Waals surface area contributed by atoms with E-state index in [0.29, 0.717) is 11.3 Å². The van der Waals surface area contributed by atoms with E-state index in [9.17, 15) is 9.59 Å². The fourth-order valence-electron chi connectivity index (χ4n) is 1.79. The summed E-state index contributed by atoms with van der Waals surface area (Å²) in [5.41, 5.74) is 1.09. The second kappa shape index (κ2) is 8.19. The van der Waals surface area contributed by atoms with Crippen molar-refractivity contribution in [1.29, 1.82) is 0 Å². The maximum atomic E-state index is 11.7. The van der Waals surface area contributed by atoms with Gasteiger partial charge in [-0.15, -0.1) is 0 Å². The highest BCUT2D eigenvalue weighted by atomic mass is 127. The largest absolute Gasteiger partial charge is 0.469 e. The number of carbonyl (C=O) groups is 2. The van der Waals surface area contributed by atoms with Gasteiger partial charge in [0.15, 0.2) is 0 Å². The molecule has 0 aromatic carbocycles. The Morgan fingerprint density at radius 2 is 2.00 bits per heavy atom. The number of hydrogen-bond acceptors (Lipinski definition) is 4. The van der Waals surface area contributed by atoms with Crippen LogP contribution in [0.15, 0.2) is 12.3 Å². The fraction of sp³-hybridized carbons (Fsp3) is 0.538. The number of carbonyl (C=O) groups excluding carboxylic acids is 2. The van der Waals surface area contributed by atoms with Gasteiger partial charge >= 0.3 is 11.9 Å². The van der Waals surface area contributed by atoms with Crippen LogP contribution in [-0.2, 0) is 27.2 Å². The lowest BCUT2D eigenvalue weighted by Crippen LogP contribution is -2.14. The predicted molar refractivity (Wildman–Crippen MR) is 79.6 cm³/mol. The summed E-state index contributed by atoms with van der Waals surface area (Å²) in [5, 5.41) is 0. The van der Waals surface area contributed by atoms with Gasteiger partial charge in [-0.3, -0.25) is 4.79 Å². The first kappa shape index (κ1) is 16.0. The third-order valence-corrected chi connectivity index (χ3v) is 3.57. The third kappa shape index (κ3) is 4.52. The molecule has 0 saturated carbocycles. The first-order valence-corrected chi connectivity index (χ1v) is 7.55. The van der Waals surface area contributed by atoms with E-state index in [1.807, 2.05) is 10.8 Å². The van der Waals surface area contributed by atoms with Crippen LogP contribution in [0.1, 0.15) is 28.9 Å². The molecule has 0 amide bonds. The molecule has 0 unspecified atom stereocenters.